The molecule has 0 atom stereocenters. The van der Waals surface area contributed by atoms with Gasteiger partial charge in [0.15, 0.2) is 5.69 Å². The molecule has 0 radical (unpaired) electrons. The summed E-state index contributed by atoms with van der Waals surface area (Å²) in [6.07, 6.45) is -3.17. The Morgan fingerprint density at radius 1 is 1.15 bits per heavy atom. The minimum atomic E-state index is -4.42. The number of nitrogens with zero attached hydrogens (tertiary/aromatic N) is 4. The van der Waals surface area contributed by atoms with Gasteiger partial charge in [-0.2, -0.15) is 28.7 Å². The SMILES string of the molecule is N#Cc1n[nH]nc1-c1cccc(CCOc2ccc(C(F)(F)F)cn2)c1. The van der Waals surface area contributed by atoms with Crippen molar-refractivity contribution in [2.45, 2.75) is 12.6 Å². The highest BCUT2D eigenvalue weighted by molar-refractivity contribution is 5.64. The highest BCUT2D eigenvalue weighted by Crippen LogP contribution is 2.29. The van der Waals surface area contributed by atoms with Crippen LogP contribution in [-0.2, 0) is 12.6 Å². The molecule has 26 heavy (non-hydrogen) atoms. The molecule has 0 fully saturated rings. The van der Waals surface area contributed by atoms with Crippen molar-refractivity contribution in [1.29, 1.82) is 5.26 Å². The van der Waals surface area contributed by atoms with Crippen LogP contribution in [-0.4, -0.2) is 27.0 Å². The van der Waals surface area contributed by atoms with Gasteiger partial charge in [-0.05, 0) is 17.7 Å². The fourth-order valence-electron chi connectivity index (χ4n) is 2.29. The first-order valence-electron chi connectivity index (χ1n) is 7.53. The van der Waals surface area contributed by atoms with Gasteiger partial charge in [0.25, 0.3) is 0 Å². The molecule has 0 bridgehead atoms. The Bertz CT molecular complexity index is 929. The van der Waals surface area contributed by atoms with Crippen molar-refractivity contribution in [1.82, 2.24) is 20.4 Å². The van der Waals surface area contributed by atoms with Gasteiger partial charge in [0.05, 0.1) is 12.2 Å². The number of pyridine rings is 1. The Hall–Kier alpha value is -3.41. The topological polar surface area (TPSA) is 87.5 Å². The number of hydrogen-bond donors (Lipinski definition) is 1. The van der Waals surface area contributed by atoms with Crippen LogP contribution in [0.2, 0.25) is 0 Å². The normalized spacial score (nSPS) is 11.2. The Balaban J connectivity index is 1.62. The van der Waals surface area contributed by atoms with Crippen LogP contribution < -0.4 is 4.74 Å². The van der Waals surface area contributed by atoms with Crippen molar-refractivity contribution < 1.29 is 17.9 Å². The molecule has 0 saturated carbocycles. The first kappa shape index (κ1) is 17.4. The van der Waals surface area contributed by atoms with Gasteiger partial charge in [-0.3, -0.25) is 0 Å². The summed E-state index contributed by atoms with van der Waals surface area (Å²) in [7, 11) is 0. The fourth-order valence-corrected chi connectivity index (χ4v) is 2.29. The molecular weight excluding hydrogens is 347 g/mol. The zero-order valence-corrected chi connectivity index (χ0v) is 13.3. The largest absolute Gasteiger partial charge is 0.477 e. The second-order valence-corrected chi connectivity index (χ2v) is 5.31. The molecule has 6 nitrogen and oxygen atoms in total. The molecule has 0 aliphatic carbocycles. The van der Waals surface area contributed by atoms with Crippen LogP contribution in [0.3, 0.4) is 0 Å². The highest BCUT2D eigenvalue weighted by atomic mass is 19.4. The molecule has 3 aromatic rings. The summed E-state index contributed by atoms with van der Waals surface area (Å²) < 4.78 is 42.9. The van der Waals surface area contributed by atoms with Crippen molar-refractivity contribution >= 4 is 0 Å². The number of aromatic nitrogens is 4. The number of halogens is 3. The summed E-state index contributed by atoms with van der Waals surface area (Å²) in [6, 6.07) is 11.4. The van der Waals surface area contributed by atoms with Crippen LogP contribution in [0, 0.1) is 11.3 Å². The van der Waals surface area contributed by atoms with E-state index in [1.165, 1.54) is 6.07 Å². The lowest BCUT2D eigenvalue weighted by Gasteiger charge is -2.08. The van der Waals surface area contributed by atoms with Crippen LogP contribution in [0.25, 0.3) is 11.3 Å². The third-order valence-corrected chi connectivity index (χ3v) is 3.56. The van der Waals surface area contributed by atoms with Gasteiger partial charge in [0.2, 0.25) is 5.88 Å². The fraction of sp³-hybridized carbons (Fsp3) is 0.176. The predicted molar refractivity (Wildman–Crippen MR) is 85.0 cm³/mol. The Kier molecular flexibility index (Phi) is 4.84. The van der Waals surface area contributed by atoms with E-state index in [0.717, 1.165) is 23.4 Å². The maximum absolute atomic E-state index is 12.5. The average Bonchev–Trinajstić information content (AvgIpc) is 3.10. The van der Waals surface area contributed by atoms with Gasteiger partial charge >= 0.3 is 6.18 Å². The lowest BCUT2D eigenvalue weighted by molar-refractivity contribution is -0.137. The molecule has 3 rings (SSSR count). The van der Waals surface area contributed by atoms with Gasteiger partial charge in [-0.15, -0.1) is 5.10 Å². The molecule has 0 aliphatic rings. The molecule has 9 heteroatoms. The molecule has 0 unspecified atom stereocenters. The van der Waals surface area contributed by atoms with E-state index in [9.17, 15) is 13.2 Å². The quantitative estimate of drug-likeness (QED) is 0.755. The van der Waals surface area contributed by atoms with E-state index < -0.39 is 11.7 Å². The number of benzene rings is 1. The molecule has 2 aromatic heterocycles. The van der Waals surface area contributed by atoms with Crippen LogP contribution >= 0.6 is 0 Å². The molecule has 0 aliphatic heterocycles. The lowest BCUT2D eigenvalue weighted by Crippen LogP contribution is -2.07. The number of nitrogens with one attached hydrogen (secondary N) is 1. The Morgan fingerprint density at radius 3 is 2.69 bits per heavy atom. The number of hydrogen-bond acceptors (Lipinski definition) is 5. The molecule has 2 heterocycles. The molecule has 1 aromatic carbocycles. The number of H-pyrrole nitrogens is 1. The third kappa shape index (κ3) is 3.97. The van der Waals surface area contributed by atoms with Crippen molar-refractivity contribution in [3.05, 3.63) is 59.4 Å². The zero-order valence-electron chi connectivity index (χ0n) is 13.3. The first-order chi connectivity index (χ1) is 12.5. The summed E-state index contributed by atoms with van der Waals surface area (Å²) in [6.45, 7) is 0.242. The summed E-state index contributed by atoms with van der Waals surface area (Å²) in [4.78, 5) is 3.66. The van der Waals surface area contributed by atoms with E-state index in [1.54, 1.807) is 6.07 Å². The predicted octanol–water partition coefficient (Wildman–Crippen LogP) is 3.38. The number of nitriles is 1. The Labute approximate surface area is 146 Å². The monoisotopic (exact) mass is 359 g/mol. The molecule has 1 N–H and O–H groups in total. The molecule has 0 amide bonds. The molecular formula is C17H12F3N5O. The van der Waals surface area contributed by atoms with Gasteiger partial charge in [0.1, 0.15) is 11.8 Å². The summed E-state index contributed by atoms with van der Waals surface area (Å²) in [5.41, 5.74) is 1.49. The van der Waals surface area contributed by atoms with E-state index in [4.69, 9.17) is 10.00 Å². The summed E-state index contributed by atoms with van der Waals surface area (Å²) in [5, 5.41) is 19.1. The highest BCUT2D eigenvalue weighted by Gasteiger charge is 2.30. The lowest BCUT2D eigenvalue weighted by atomic mass is 10.1. The first-order valence-corrected chi connectivity index (χ1v) is 7.53. The van der Waals surface area contributed by atoms with E-state index >= 15 is 0 Å². The smallest absolute Gasteiger partial charge is 0.417 e. The molecule has 0 spiro atoms. The standard InChI is InChI=1S/C17H12F3N5O/c18-17(19,20)13-4-5-15(22-10-13)26-7-6-11-2-1-3-12(8-11)16-14(9-21)23-25-24-16/h1-5,8,10H,6-7H2,(H,23,24,25). The zero-order chi connectivity index (χ0) is 18.6. The van der Waals surface area contributed by atoms with E-state index in [1.807, 2.05) is 24.3 Å². The van der Waals surface area contributed by atoms with Gasteiger partial charge in [0, 0.05) is 24.2 Å². The second-order valence-electron chi connectivity index (χ2n) is 5.31. The van der Waals surface area contributed by atoms with Gasteiger partial charge < -0.3 is 4.74 Å². The minimum Gasteiger partial charge on any atom is -0.477 e. The molecule has 0 saturated heterocycles. The van der Waals surface area contributed by atoms with E-state index in [0.29, 0.717) is 12.1 Å². The number of aromatic amines is 1. The molecule has 132 valence electrons. The van der Waals surface area contributed by atoms with Crippen molar-refractivity contribution in [2.24, 2.45) is 0 Å². The Morgan fingerprint density at radius 2 is 2.00 bits per heavy atom. The van der Waals surface area contributed by atoms with Crippen molar-refractivity contribution in [2.75, 3.05) is 6.61 Å². The van der Waals surface area contributed by atoms with Gasteiger partial charge in [-0.25, -0.2) is 4.98 Å². The van der Waals surface area contributed by atoms with Crippen LogP contribution in [0.4, 0.5) is 13.2 Å². The van der Waals surface area contributed by atoms with E-state index in [2.05, 4.69) is 20.4 Å². The van der Waals surface area contributed by atoms with Crippen LogP contribution in [0.1, 0.15) is 16.8 Å². The number of ether oxygens (including phenoxy) is 1. The third-order valence-electron chi connectivity index (χ3n) is 3.56. The van der Waals surface area contributed by atoms with Crippen LogP contribution in [0.5, 0.6) is 5.88 Å². The maximum atomic E-state index is 12.5. The van der Waals surface area contributed by atoms with E-state index in [-0.39, 0.29) is 18.2 Å². The number of rotatable bonds is 5. The summed E-state index contributed by atoms with van der Waals surface area (Å²) in [5.74, 6) is 0.123. The average molecular weight is 359 g/mol. The van der Waals surface area contributed by atoms with Gasteiger partial charge in [-0.1, -0.05) is 18.2 Å². The summed E-state index contributed by atoms with van der Waals surface area (Å²) >= 11 is 0. The minimum absolute atomic E-state index is 0.123. The maximum Gasteiger partial charge on any atom is 0.417 e. The van der Waals surface area contributed by atoms with Crippen molar-refractivity contribution in [3.63, 3.8) is 0 Å². The number of alkyl halides is 3. The van der Waals surface area contributed by atoms with Crippen molar-refractivity contribution in [3.8, 4) is 23.2 Å². The van der Waals surface area contributed by atoms with Crippen LogP contribution in [0.15, 0.2) is 42.6 Å². The second kappa shape index (κ2) is 7.23.